The molecule has 4 aromatic rings. The van der Waals surface area contributed by atoms with Crippen molar-refractivity contribution >= 4 is 34.7 Å². The summed E-state index contributed by atoms with van der Waals surface area (Å²) in [6, 6.07) is 18.8. The Morgan fingerprint density at radius 2 is 1.82 bits per heavy atom. The maximum absolute atomic E-state index is 12.3. The lowest BCUT2D eigenvalue weighted by Crippen LogP contribution is -2.08. The van der Waals surface area contributed by atoms with Crippen LogP contribution in [0.15, 0.2) is 71.2 Å². The monoisotopic (exact) mass is 438 g/mol. The molecule has 164 valence electrons. The van der Waals surface area contributed by atoms with Crippen molar-refractivity contribution in [1.29, 1.82) is 0 Å². The van der Waals surface area contributed by atoms with Gasteiger partial charge in [0.1, 0.15) is 5.52 Å². The molecule has 0 aliphatic heterocycles. The van der Waals surface area contributed by atoms with Crippen molar-refractivity contribution in [3.05, 3.63) is 89.0 Å². The molecule has 1 heterocycles. The summed E-state index contributed by atoms with van der Waals surface area (Å²) in [5.41, 5.74) is 7.10. The van der Waals surface area contributed by atoms with E-state index in [4.69, 9.17) is 9.52 Å². The van der Waals surface area contributed by atoms with Crippen molar-refractivity contribution in [2.75, 3.05) is 5.32 Å². The zero-order chi connectivity index (χ0) is 22.8. The van der Waals surface area contributed by atoms with Gasteiger partial charge in [-0.2, -0.15) is 0 Å². The van der Waals surface area contributed by atoms with E-state index in [1.165, 1.54) is 23.6 Å². The fourth-order valence-corrected chi connectivity index (χ4v) is 4.12. The van der Waals surface area contributed by atoms with Crippen LogP contribution in [0.1, 0.15) is 28.7 Å². The minimum Gasteiger partial charge on any atom is -0.481 e. The summed E-state index contributed by atoms with van der Waals surface area (Å²) in [6.45, 7) is 0. The molecule has 0 radical (unpaired) electrons. The Balaban J connectivity index is 1.26. The van der Waals surface area contributed by atoms with E-state index in [1.807, 2.05) is 30.3 Å². The van der Waals surface area contributed by atoms with E-state index in [-0.39, 0.29) is 12.3 Å². The third-order valence-electron chi connectivity index (χ3n) is 5.76. The molecule has 1 amide bonds. The van der Waals surface area contributed by atoms with E-state index in [1.54, 1.807) is 24.3 Å². The molecule has 33 heavy (non-hydrogen) atoms. The normalized spacial score (nSPS) is 12.8. The molecule has 2 N–H and O–H groups in total. The lowest BCUT2D eigenvalue weighted by atomic mass is 10.1. The highest BCUT2D eigenvalue weighted by molar-refractivity contribution is 6.02. The van der Waals surface area contributed by atoms with Crippen LogP contribution < -0.4 is 5.32 Å². The van der Waals surface area contributed by atoms with Gasteiger partial charge in [0.05, 0.1) is 6.42 Å². The Hall–Kier alpha value is -4.19. The predicted octanol–water partition coefficient (Wildman–Crippen LogP) is 5.26. The number of nitrogens with zero attached hydrogens (tertiary/aromatic N) is 1. The Bertz CT molecular complexity index is 1380. The average Bonchev–Trinajstić information content (AvgIpc) is 3.44. The quantitative estimate of drug-likeness (QED) is 0.401. The van der Waals surface area contributed by atoms with Crippen LogP contribution >= 0.6 is 0 Å². The number of carbonyl (C=O) groups is 2. The van der Waals surface area contributed by atoms with Crippen LogP contribution in [-0.2, 0) is 28.9 Å². The minimum absolute atomic E-state index is 0.0563. The number of aryl methyl sites for hydroxylation is 2. The molecule has 1 aliphatic rings. The standard InChI is InChI=1S/C27H22N2O4/c30-25(28-22-11-10-19-2-1-3-21(19)16-22)13-7-17-4-8-20(9-5-17)27-29-23-14-18(15-26(31)32)6-12-24(23)33-27/h4-14,16H,1-3,15H2,(H,28,30)(H,31,32)/b13-7+. The van der Waals surface area contributed by atoms with Crippen LogP contribution in [0.25, 0.3) is 28.6 Å². The molecule has 0 saturated carbocycles. The topological polar surface area (TPSA) is 92.4 Å². The third-order valence-corrected chi connectivity index (χ3v) is 5.76. The summed E-state index contributed by atoms with van der Waals surface area (Å²) in [4.78, 5) is 27.7. The van der Waals surface area contributed by atoms with E-state index in [2.05, 4.69) is 22.4 Å². The van der Waals surface area contributed by atoms with Gasteiger partial charge in [-0.05, 0) is 84.0 Å². The first-order valence-electron chi connectivity index (χ1n) is 10.9. The Morgan fingerprint density at radius 1 is 1.00 bits per heavy atom. The molecule has 0 bridgehead atoms. The number of fused-ring (bicyclic) bond motifs is 2. The van der Waals surface area contributed by atoms with Gasteiger partial charge in [0.15, 0.2) is 5.58 Å². The number of aromatic nitrogens is 1. The number of benzene rings is 3. The van der Waals surface area contributed by atoms with Crippen LogP contribution in [0.2, 0.25) is 0 Å². The summed E-state index contributed by atoms with van der Waals surface area (Å²) in [6.07, 6.45) is 6.60. The van der Waals surface area contributed by atoms with Crippen molar-refractivity contribution in [2.24, 2.45) is 0 Å². The highest BCUT2D eigenvalue weighted by atomic mass is 16.4. The second-order valence-corrected chi connectivity index (χ2v) is 8.17. The van der Waals surface area contributed by atoms with Crippen molar-refractivity contribution in [2.45, 2.75) is 25.7 Å². The zero-order valence-electron chi connectivity index (χ0n) is 17.9. The molecule has 0 fully saturated rings. The van der Waals surface area contributed by atoms with Crippen LogP contribution in [0.3, 0.4) is 0 Å². The molecular weight excluding hydrogens is 416 g/mol. The minimum atomic E-state index is -0.886. The summed E-state index contributed by atoms with van der Waals surface area (Å²) in [5, 5.41) is 11.9. The first-order chi connectivity index (χ1) is 16.0. The zero-order valence-corrected chi connectivity index (χ0v) is 17.9. The van der Waals surface area contributed by atoms with E-state index in [0.717, 1.165) is 29.7 Å². The lowest BCUT2D eigenvalue weighted by molar-refractivity contribution is -0.136. The van der Waals surface area contributed by atoms with Gasteiger partial charge in [-0.1, -0.05) is 24.3 Å². The highest BCUT2D eigenvalue weighted by Crippen LogP contribution is 2.26. The molecular formula is C27H22N2O4. The second kappa shape index (κ2) is 8.74. The maximum Gasteiger partial charge on any atom is 0.307 e. The summed E-state index contributed by atoms with van der Waals surface area (Å²) in [5.74, 6) is -0.599. The smallest absolute Gasteiger partial charge is 0.307 e. The number of carboxylic acids is 1. The van der Waals surface area contributed by atoms with E-state index >= 15 is 0 Å². The fourth-order valence-electron chi connectivity index (χ4n) is 4.12. The number of anilines is 1. The molecule has 5 rings (SSSR count). The number of hydrogen-bond donors (Lipinski definition) is 2. The molecule has 6 heteroatoms. The molecule has 1 aromatic heterocycles. The van der Waals surface area contributed by atoms with Crippen molar-refractivity contribution < 1.29 is 19.1 Å². The van der Waals surface area contributed by atoms with Gasteiger partial charge in [-0.3, -0.25) is 9.59 Å². The number of aliphatic carboxylic acids is 1. The van der Waals surface area contributed by atoms with Crippen LogP contribution in [0.5, 0.6) is 0 Å². The lowest BCUT2D eigenvalue weighted by Gasteiger charge is -2.05. The van der Waals surface area contributed by atoms with Gasteiger partial charge in [-0.25, -0.2) is 4.98 Å². The number of amides is 1. The summed E-state index contributed by atoms with van der Waals surface area (Å²) in [7, 11) is 0. The van der Waals surface area contributed by atoms with Crippen LogP contribution in [0.4, 0.5) is 5.69 Å². The van der Waals surface area contributed by atoms with Gasteiger partial charge in [0.25, 0.3) is 0 Å². The maximum atomic E-state index is 12.3. The van der Waals surface area contributed by atoms with Gasteiger partial charge in [0.2, 0.25) is 11.8 Å². The van der Waals surface area contributed by atoms with Crippen molar-refractivity contribution in [1.82, 2.24) is 4.98 Å². The number of oxazole rings is 1. The van der Waals surface area contributed by atoms with E-state index in [0.29, 0.717) is 22.6 Å². The second-order valence-electron chi connectivity index (χ2n) is 8.17. The van der Waals surface area contributed by atoms with Gasteiger partial charge in [-0.15, -0.1) is 0 Å². The van der Waals surface area contributed by atoms with Gasteiger partial charge in [0, 0.05) is 17.3 Å². The summed E-state index contributed by atoms with van der Waals surface area (Å²) >= 11 is 0. The number of carboxylic acid groups (broad SMARTS) is 1. The molecule has 0 unspecified atom stereocenters. The number of rotatable bonds is 6. The van der Waals surface area contributed by atoms with Gasteiger partial charge < -0.3 is 14.8 Å². The molecule has 1 aliphatic carbocycles. The first kappa shape index (κ1) is 20.7. The predicted molar refractivity (Wildman–Crippen MR) is 127 cm³/mol. The number of carbonyl (C=O) groups excluding carboxylic acids is 1. The Kier molecular flexibility index (Phi) is 5.48. The van der Waals surface area contributed by atoms with Crippen LogP contribution in [-0.4, -0.2) is 22.0 Å². The SMILES string of the molecule is O=C(O)Cc1ccc2oc(-c3ccc(/C=C/C(=O)Nc4ccc5c(c4)CCC5)cc3)nc2c1. The van der Waals surface area contributed by atoms with E-state index < -0.39 is 5.97 Å². The third kappa shape index (κ3) is 4.70. The number of nitrogens with one attached hydrogen (secondary N) is 1. The summed E-state index contributed by atoms with van der Waals surface area (Å²) < 4.78 is 5.81. The average molecular weight is 438 g/mol. The largest absolute Gasteiger partial charge is 0.481 e. The molecule has 0 spiro atoms. The molecule has 0 saturated heterocycles. The van der Waals surface area contributed by atoms with Crippen molar-refractivity contribution in [3.63, 3.8) is 0 Å². The Labute approximate surface area is 190 Å². The van der Waals surface area contributed by atoms with Crippen molar-refractivity contribution in [3.8, 4) is 11.5 Å². The first-order valence-corrected chi connectivity index (χ1v) is 10.9. The molecule has 3 aromatic carbocycles. The molecule has 6 nitrogen and oxygen atoms in total. The molecule has 0 atom stereocenters. The highest BCUT2D eigenvalue weighted by Gasteiger charge is 2.12. The van der Waals surface area contributed by atoms with E-state index in [9.17, 15) is 9.59 Å². The number of hydrogen-bond acceptors (Lipinski definition) is 4. The van der Waals surface area contributed by atoms with Crippen LogP contribution in [0, 0.1) is 0 Å². The fraction of sp³-hybridized carbons (Fsp3) is 0.148. The Morgan fingerprint density at radius 3 is 2.64 bits per heavy atom. The van der Waals surface area contributed by atoms with Gasteiger partial charge >= 0.3 is 5.97 Å².